The average Bonchev–Trinajstić information content (AvgIpc) is 3.09. The standard InChI is InChI=1S/C23H17BrCl2N2O2/c1-13-22(14-2-5-16(24)6-3-14)23(28-27-13)19-9-8-18(11-21(19)29)30-12-15-4-7-17(25)10-20(15)26/h2-11,29H,12H2,1H3,(H,27,28). The van der Waals surface area contributed by atoms with Gasteiger partial charge in [-0.25, -0.2) is 0 Å². The van der Waals surface area contributed by atoms with Crippen LogP contribution in [0.25, 0.3) is 22.4 Å². The van der Waals surface area contributed by atoms with Gasteiger partial charge in [0.05, 0.1) is 0 Å². The smallest absolute Gasteiger partial charge is 0.128 e. The van der Waals surface area contributed by atoms with E-state index in [4.69, 9.17) is 27.9 Å². The molecule has 1 aromatic heterocycles. The number of phenols is 1. The molecule has 0 spiro atoms. The van der Waals surface area contributed by atoms with Crippen LogP contribution in [0, 0.1) is 6.92 Å². The molecule has 0 fully saturated rings. The summed E-state index contributed by atoms with van der Waals surface area (Å²) in [6, 6.07) is 18.4. The third-order valence-corrected chi connectivity index (χ3v) is 5.83. The maximum Gasteiger partial charge on any atom is 0.128 e. The molecule has 0 radical (unpaired) electrons. The van der Waals surface area contributed by atoms with Gasteiger partial charge in [0.1, 0.15) is 23.8 Å². The number of nitrogens with one attached hydrogen (secondary N) is 1. The van der Waals surface area contributed by atoms with Gasteiger partial charge >= 0.3 is 0 Å². The van der Waals surface area contributed by atoms with Gasteiger partial charge < -0.3 is 9.84 Å². The molecule has 4 aromatic rings. The summed E-state index contributed by atoms with van der Waals surface area (Å²) in [6.07, 6.45) is 0. The van der Waals surface area contributed by atoms with Crippen LogP contribution in [0.3, 0.4) is 0 Å². The highest BCUT2D eigenvalue weighted by molar-refractivity contribution is 9.10. The number of phenolic OH excluding ortho intramolecular Hbond substituents is 1. The molecule has 0 aliphatic rings. The van der Waals surface area contributed by atoms with Gasteiger partial charge in [-0.1, -0.05) is 57.3 Å². The Labute approximate surface area is 192 Å². The maximum absolute atomic E-state index is 10.7. The van der Waals surface area contributed by atoms with Gasteiger partial charge in [-0.15, -0.1) is 0 Å². The third kappa shape index (κ3) is 4.33. The number of H-pyrrole nitrogens is 1. The zero-order valence-corrected chi connectivity index (χ0v) is 19.0. The normalized spacial score (nSPS) is 10.9. The van der Waals surface area contributed by atoms with Crippen molar-refractivity contribution >= 4 is 39.1 Å². The van der Waals surface area contributed by atoms with Gasteiger partial charge in [0, 0.05) is 43.0 Å². The molecule has 7 heteroatoms. The molecule has 0 saturated heterocycles. The molecular formula is C23H17BrCl2N2O2. The second-order valence-electron chi connectivity index (χ2n) is 6.78. The minimum absolute atomic E-state index is 0.0829. The topological polar surface area (TPSA) is 58.1 Å². The lowest BCUT2D eigenvalue weighted by atomic mass is 9.99. The fraction of sp³-hybridized carbons (Fsp3) is 0.0870. The van der Waals surface area contributed by atoms with E-state index >= 15 is 0 Å². The molecule has 3 aromatic carbocycles. The van der Waals surface area contributed by atoms with E-state index in [1.807, 2.05) is 37.3 Å². The number of ether oxygens (including phenoxy) is 1. The van der Waals surface area contributed by atoms with Gasteiger partial charge in [-0.3, -0.25) is 5.10 Å². The molecule has 0 aliphatic carbocycles. The Morgan fingerprint density at radius 1 is 1.03 bits per heavy atom. The number of aryl methyl sites for hydroxylation is 1. The van der Waals surface area contributed by atoms with Crippen LogP contribution in [0.1, 0.15) is 11.3 Å². The molecule has 0 aliphatic heterocycles. The number of hydrogen-bond donors (Lipinski definition) is 2. The van der Waals surface area contributed by atoms with E-state index in [1.54, 1.807) is 30.3 Å². The van der Waals surface area contributed by atoms with E-state index < -0.39 is 0 Å². The van der Waals surface area contributed by atoms with Crippen molar-refractivity contribution in [3.05, 3.63) is 86.4 Å². The zero-order valence-electron chi connectivity index (χ0n) is 15.9. The van der Waals surface area contributed by atoms with Crippen molar-refractivity contribution in [3.8, 4) is 33.9 Å². The highest BCUT2D eigenvalue weighted by Crippen LogP contribution is 2.39. The van der Waals surface area contributed by atoms with Crippen molar-refractivity contribution in [2.24, 2.45) is 0 Å². The number of aromatic amines is 1. The van der Waals surface area contributed by atoms with E-state index in [1.165, 1.54) is 0 Å². The number of halogens is 3. The minimum atomic E-state index is 0.0829. The highest BCUT2D eigenvalue weighted by Gasteiger charge is 2.17. The molecule has 0 atom stereocenters. The predicted octanol–water partition coefficient (Wildman–Crippen LogP) is 7.41. The van der Waals surface area contributed by atoms with Crippen LogP contribution in [0.15, 0.2) is 65.1 Å². The van der Waals surface area contributed by atoms with Crippen LogP contribution in [-0.2, 0) is 6.61 Å². The number of rotatable bonds is 5. The van der Waals surface area contributed by atoms with E-state index in [9.17, 15) is 5.11 Å². The third-order valence-electron chi connectivity index (χ3n) is 4.71. The van der Waals surface area contributed by atoms with Crippen molar-refractivity contribution in [2.45, 2.75) is 13.5 Å². The number of hydrogen-bond acceptors (Lipinski definition) is 3. The molecule has 30 heavy (non-hydrogen) atoms. The largest absolute Gasteiger partial charge is 0.507 e. The lowest BCUT2D eigenvalue weighted by molar-refractivity contribution is 0.304. The Balaban J connectivity index is 1.60. The molecule has 4 rings (SSSR count). The molecule has 0 amide bonds. The minimum Gasteiger partial charge on any atom is -0.507 e. The van der Waals surface area contributed by atoms with Crippen molar-refractivity contribution in [3.63, 3.8) is 0 Å². The SMILES string of the molecule is Cc1[nH]nc(-c2ccc(OCc3ccc(Cl)cc3Cl)cc2O)c1-c1ccc(Br)cc1. The highest BCUT2D eigenvalue weighted by atomic mass is 79.9. The van der Waals surface area contributed by atoms with Crippen LogP contribution >= 0.6 is 39.1 Å². The quantitative estimate of drug-likeness (QED) is 0.298. The van der Waals surface area contributed by atoms with Crippen molar-refractivity contribution in [1.82, 2.24) is 10.2 Å². The van der Waals surface area contributed by atoms with Crippen molar-refractivity contribution < 1.29 is 9.84 Å². The summed E-state index contributed by atoms with van der Waals surface area (Å²) in [7, 11) is 0. The maximum atomic E-state index is 10.7. The first-order chi connectivity index (χ1) is 14.4. The second kappa shape index (κ2) is 8.72. The van der Waals surface area contributed by atoms with Gasteiger partial charge in [-0.2, -0.15) is 5.10 Å². The summed E-state index contributed by atoms with van der Waals surface area (Å²) in [4.78, 5) is 0. The number of aromatic nitrogens is 2. The van der Waals surface area contributed by atoms with E-state index in [0.717, 1.165) is 26.9 Å². The van der Waals surface area contributed by atoms with Gasteiger partial charge in [0.2, 0.25) is 0 Å². The summed E-state index contributed by atoms with van der Waals surface area (Å²) >= 11 is 15.6. The molecule has 1 heterocycles. The molecule has 2 N–H and O–H groups in total. The van der Waals surface area contributed by atoms with Gasteiger partial charge in [0.15, 0.2) is 0 Å². The summed E-state index contributed by atoms with van der Waals surface area (Å²) in [5.41, 5.74) is 4.99. The van der Waals surface area contributed by atoms with E-state index in [2.05, 4.69) is 26.1 Å². The first-order valence-corrected chi connectivity index (χ1v) is 10.7. The molecule has 0 bridgehead atoms. The van der Waals surface area contributed by atoms with Crippen LogP contribution in [0.5, 0.6) is 11.5 Å². The van der Waals surface area contributed by atoms with E-state index in [-0.39, 0.29) is 12.4 Å². The van der Waals surface area contributed by atoms with Gasteiger partial charge in [0.25, 0.3) is 0 Å². The van der Waals surface area contributed by atoms with Crippen LogP contribution in [0.2, 0.25) is 10.0 Å². The lowest BCUT2D eigenvalue weighted by Crippen LogP contribution is -1.96. The molecule has 0 saturated carbocycles. The molecule has 152 valence electrons. The van der Waals surface area contributed by atoms with Crippen molar-refractivity contribution in [1.29, 1.82) is 0 Å². The number of nitrogens with zero attached hydrogens (tertiary/aromatic N) is 1. The number of aromatic hydroxyl groups is 1. The summed E-state index contributed by atoms with van der Waals surface area (Å²) in [5.74, 6) is 0.610. The number of benzene rings is 3. The summed E-state index contributed by atoms with van der Waals surface area (Å²) in [6.45, 7) is 2.22. The Kier molecular flexibility index (Phi) is 6.04. The zero-order chi connectivity index (χ0) is 21.3. The first-order valence-electron chi connectivity index (χ1n) is 9.13. The Morgan fingerprint density at radius 2 is 1.80 bits per heavy atom. The van der Waals surface area contributed by atoms with Crippen molar-refractivity contribution in [2.75, 3.05) is 0 Å². The van der Waals surface area contributed by atoms with Crippen LogP contribution in [0.4, 0.5) is 0 Å². The Hall–Kier alpha value is -2.47. The fourth-order valence-electron chi connectivity index (χ4n) is 3.20. The van der Waals surface area contributed by atoms with Crippen LogP contribution in [-0.4, -0.2) is 15.3 Å². The Bertz CT molecular complexity index is 1210. The summed E-state index contributed by atoms with van der Waals surface area (Å²) in [5, 5.41) is 19.2. The lowest BCUT2D eigenvalue weighted by Gasteiger charge is -2.11. The summed E-state index contributed by atoms with van der Waals surface area (Å²) < 4.78 is 6.80. The molecule has 4 nitrogen and oxygen atoms in total. The first kappa shape index (κ1) is 20.8. The average molecular weight is 504 g/mol. The van der Waals surface area contributed by atoms with E-state index in [0.29, 0.717) is 27.1 Å². The fourth-order valence-corrected chi connectivity index (χ4v) is 3.92. The Morgan fingerprint density at radius 3 is 2.50 bits per heavy atom. The molecule has 0 unspecified atom stereocenters. The van der Waals surface area contributed by atoms with Gasteiger partial charge in [-0.05, 0) is 48.9 Å². The molecular weight excluding hydrogens is 487 g/mol. The predicted molar refractivity (Wildman–Crippen MR) is 124 cm³/mol. The second-order valence-corrected chi connectivity index (χ2v) is 8.54. The monoisotopic (exact) mass is 502 g/mol. The van der Waals surface area contributed by atoms with Crippen LogP contribution < -0.4 is 4.74 Å².